The highest BCUT2D eigenvalue weighted by atomic mass is 35.5. The predicted octanol–water partition coefficient (Wildman–Crippen LogP) is 4.65. The first-order valence-electron chi connectivity index (χ1n) is 9.49. The van der Waals surface area contributed by atoms with E-state index in [0.717, 1.165) is 33.5 Å². The van der Waals surface area contributed by atoms with Crippen LogP contribution in [0.4, 0.5) is 0 Å². The molecule has 0 spiro atoms. The molecule has 7 nitrogen and oxygen atoms in total. The molecule has 0 saturated carbocycles. The average molecular weight is 430 g/mol. The van der Waals surface area contributed by atoms with Gasteiger partial charge in [0.25, 0.3) is 0 Å². The van der Waals surface area contributed by atoms with Gasteiger partial charge in [-0.05, 0) is 24.2 Å². The van der Waals surface area contributed by atoms with Crippen LogP contribution >= 0.6 is 11.6 Å². The second-order valence-corrected chi connectivity index (χ2v) is 14.3. The van der Waals surface area contributed by atoms with E-state index in [0.29, 0.717) is 17.6 Å². The van der Waals surface area contributed by atoms with Crippen molar-refractivity contribution in [2.45, 2.75) is 25.7 Å². The highest BCUT2D eigenvalue weighted by molar-refractivity contribution is 6.76. The summed E-state index contributed by atoms with van der Waals surface area (Å²) in [6, 6.07) is 8.88. The quantitative estimate of drug-likeness (QED) is 0.185. The summed E-state index contributed by atoms with van der Waals surface area (Å²) in [5, 5.41) is 11.4. The van der Waals surface area contributed by atoms with Gasteiger partial charge in [0, 0.05) is 45.6 Å². The summed E-state index contributed by atoms with van der Waals surface area (Å²) >= 11 is 6.14. The van der Waals surface area contributed by atoms with Gasteiger partial charge in [-0.2, -0.15) is 5.10 Å². The molecule has 0 saturated heterocycles. The van der Waals surface area contributed by atoms with Crippen LogP contribution < -0.4 is 4.74 Å². The first-order valence-corrected chi connectivity index (χ1v) is 13.6. The summed E-state index contributed by atoms with van der Waals surface area (Å²) in [5.74, 6) is 0.471. The summed E-state index contributed by atoms with van der Waals surface area (Å²) in [6.07, 6.45) is 3.66. The molecule has 0 aliphatic rings. The van der Waals surface area contributed by atoms with E-state index in [9.17, 15) is 0 Å². The highest BCUT2D eigenvalue weighted by Crippen LogP contribution is 2.29. The first kappa shape index (κ1) is 19.9. The second-order valence-electron chi connectivity index (χ2n) is 8.27. The smallest absolute Gasteiger partial charge is 0.244 e. The molecule has 0 radical (unpaired) electrons. The van der Waals surface area contributed by atoms with E-state index in [2.05, 4.69) is 34.8 Å². The lowest BCUT2D eigenvalue weighted by molar-refractivity contribution is 0.0199. The normalized spacial score (nSPS) is 12.2. The standard InChI is InChI=1S/C20H24ClN5O2Si/c1-25-12-14-5-6-15(9-17(14)23-25)26-18-10-19(21)22-11-16(18)20(24-26)28-13-27-7-8-29(2,3)4/h5-6,9-12H,7-8,13H2,1-4H3. The lowest BCUT2D eigenvalue weighted by atomic mass is 10.2. The Labute approximate surface area is 175 Å². The third kappa shape index (κ3) is 4.44. The van der Waals surface area contributed by atoms with E-state index in [-0.39, 0.29) is 6.79 Å². The van der Waals surface area contributed by atoms with E-state index in [1.54, 1.807) is 21.6 Å². The van der Waals surface area contributed by atoms with Gasteiger partial charge in [0.2, 0.25) is 5.88 Å². The van der Waals surface area contributed by atoms with Crippen molar-refractivity contribution in [1.29, 1.82) is 0 Å². The molecular weight excluding hydrogens is 406 g/mol. The maximum atomic E-state index is 6.14. The Balaban J connectivity index is 1.62. The molecule has 0 aliphatic carbocycles. The first-order chi connectivity index (χ1) is 13.8. The number of benzene rings is 1. The minimum absolute atomic E-state index is 0.151. The van der Waals surface area contributed by atoms with Crippen molar-refractivity contribution in [2.75, 3.05) is 13.4 Å². The minimum atomic E-state index is -1.13. The number of hydrogen-bond donors (Lipinski definition) is 0. The summed E-state index contributed by atoms with van der Waals surface area (Å²) < 4.78 is 15.1. The van der Waals surface area contributed by atoms with Crippen molar-refractivity contribution in [1.82, 2.24) is 24.5 Å². The highest BCUT2D eigenvalue weighted by Gasteiger charge is 2.16. The Morgan fingerprint density at radius 3 is 2.76 bits per heavy atom. The molecule has 0 unspecified atom stereocenters. The third-order valence-corrected chi connectivity index (χ3v) is 6.53. The third-order valence-electron chi connectivity index (χ3n) is 4.62. The van der Waals surface area contributed by atoms with Gasteiger partial charge >= 0.3 is 0 Å². The number of hydrogen-bond acceptors (Lipinski definition) is 5. The number of aromatic nitrogens is 5. The zero-order valence-electron chi connectivity index (χ0n) is 17.0. The number of nitrogens with zero attached hydrogens (tertiary/aromatic N) is 5. The van der Waals surface area contributed by atoms with Crippen LogP contribution in [-0.4, -0.2) is 46.0 Å². The summed E-state index contributed by atoms with van der Waals surface area (Å²) in [4.78, 5) is 4.19. The fourth-order valence-electron chi connectivity index (χ4n) is 3.06. The van der Waals surface area contributed by atoms with Crippen LogP contribution in [0.5, 0.6) is 5.88 Å². The van der Waals surface area contributed by atoms with Gasteiger partial charge in [-0.1, -0.05) is 31.2 Å². The molecule has 3 heterocycles. The Morgan fingerprint density at radius 1 is 1.14 bits per heavy atom. The van der Waals surface area contributed by atoms with Gasteiger partial charge < -0.3 is 9.47 Å². The molecule has 0 amide bonds. The number of pyridine rings is 1. The average Bonchev–Trinajstić information content (AvgIpc) is 3.19. The lowest BCUT2D eigenvalue weighted by Crippen LogP contribution is -2.22. The van der Waals surface area contributed by atoms with Crippen molar-refractivity contribution >= 4 is 41.5 Å². The Hall–Kier alpha value is -2.42. The largest absolute Gasteiger partial charge is 0.449 e. The van der Waals surface area contributed by atoms with Crippen molar-refractivity contribution < 1.29 is 9.47 Å². The molecule has 4 rings (SSSR count). The Morgan fingerprint density at radius 2 is 1.97 bits per heavy atom. The molecule has 3 aromatic heterocycles. The molecule has 0 aliphatic heterocycles. The molecule has 0 fully saturated rings. The van der Waals surface area contributed by atoms with E-state index in [1.807, 2.05) is 31.4 Å². The van der Waals surface area contributed by atoms with E-state index >= 15 is 0 Å². The molecular formula is C20H24ClN5O2Si. The van der Waals surface area contributed by atoms with Crippen LogP contribution in [0.3, 0.4) is 0 Å². The SMILES string of the molecule is Cn1cc2ccc(-n3nc(OCOCC[Si](C)(C)C)c4cnc(Cl)cc43)cc2n1. The maximum absolute atomic E-state index is 6.14. The van der Waals surface area contributed by atoms with Crippen molar-refractivity contribution in [3.63, 3.8) is 0 Å². The monoisotopic (exact) mass is 429 g/mol. The summed E-state index contributed by atoms with van der Waals surface area (Å²) in [6.45, 7) is 7.80. The molecule has 0 atom stereocenters. The Bertz CT molecular complexity index is 1170. The van der Waals surface area contributed by atoms with Gasteiger partial charge in [0.15, 0.2) is 6.79 Å². The Kier molecular flexibility index (Phi) is 5.33. The molecule has 9 heteroatoms. The second kappa shape index (κ2) is 7.77. The van der Waals surface area contributed by atoms with Gasteiger partial charge in [-0.15, -0.1) is 5.10 Å². The van der Waals surface area contributed by atoms with Gasteiger partial charge in [0.1, 0.15) is 5.15 Å². The van der Waals surface area contributed by atoms with Gasteiger partial charge in [-0.25, -0.2) is 9.67 Å². The lowest BCUT2D eigenvalue weighted by Gasteiger charge is -2.15. The van der Waals surface area contributed by atoms with Crippen LogP contribution in [0.1, 0.15) is 0 Å². The topological polar surface area (TPSA) is 67.0 Å². The fraction of sp³-hybridized carbons (Fsp3) is 0.350. The molecule has 0 N–H and O–H groups in total. The minimum Gasteiger partial charge on any atom is -0.449 e. The number of fused-ring (bicyclic) bond motifs is 2. The zero-order valence-corrected chi connectivity index (χ0v) is 18.8. The number of rotatable bonds is 7. The van der Waals surface area contributed by atoms with Crippen molar-refractivity contribution in [3.05, 3.63) is 41.8 Å². The van der Waals surface area contributed by atoms with Crippen LogP contribution in [0, 0.1) is 0 Å². The van der Waals surface area contributed by atoms with Crippen molar-refractivity contribution in [3.8, 4) is 11.6 Å². The van der Waals surface area contributed by atoms with E-state index in [4.69, 9.17) is 21.1 Å². The maximum Gasteiger partial charge on any atom is 0.244 e. The van der Waals surface area contributed by atoms with E-state index in [1.165, 1.54) is 0 Å². The number of halogens is 1. The zero-order chi connectivity index (χ0) is 20.6. The summed E-state index contributed by atoms with van der Waals surface area (Å²) in [7, 11) is 0.775. The molecule has 4 aromatic rings. The number of ether oxygens (including phenoxy) is 2. The van der Waals surface area contributed by atoms with Gasteiger partial charge in [-0.3, -0.25) is 4.68 Å². The van der Waals surface area contributed by atoms with Crippen LogP contribution in [0.25, 0.3) is 27.5 Å². The summed E-state index contributed by atoms with van der Waals surface area (Å²) in [5.41, 5.74) is 2.58. The van der Waals surface area contributed by atoms with Gasteiger partial charge in [0.05, 0.1) is 22.1 Å². The number of aryl methyl sites for hydroxylation is 1. The molecule has 0 bridgehead atoms. The van der Waals surface area contributed by atoms with Crippen LogP contribution in [-0.2, 0) is 11.8 Å². The van der Waals surface area contributed by atoms with Crippen LogP contribution in [0.2, 0.25) is 30.8 Å². The fourth-order valence-corrected chi connectivity index (χ4v) is 3.97. The molecule has 152 valence electrons. The molecule has 29 heavy (non-hydrogen) atoms. The van der Waals surface area contributed by atoms with Crippen molar-refractivity contribution in [2.24, 2.45) is 7.05 Å². The molecule has 1 aromatic carbocycles. The van der Waals surface area contributed by atoms with Crippen LogP contribution in [0.15, 0.2) is 36.7 Å². The predicted molar refractivity (Wildman–Crippen MR) is 118 cm³/mol. The van der Waals surface area contributed by atoms with E-state index < -0.39 is 8.07 Å².